The molecule has 0 saturated heterocycles. The van der Waals surface area contributed by atoms with Crippen molar-refractivity contribution in [2.24, 2.45) is 0 Å². The standard InChI is InChI=1S/C24H20OS/c1-4-10-20(11-5-1)25-21-16-18-24(19-17-21)26(22-12-6-2-7-13-22)23-14-8-3-9-15-23/h1-19,26H. The van der Waals surface area contributed by atoms with Gasteiger partial charge in [-0.05, 0) is 75.4 Å². The lowest BCUT2D eigenvalue weighted by Gasteiger charge is -2.23. The van der Waals surface area contributed by atoms with Crippen LogP contribution < -0.4 is 4.74 Å². The maximum absolute atomic E-state index is 5.93. The minimum atomic E-state index is -0.573. The van der Waals surface area contributed by atoms with Crippen LogP contribution in [0.4, 0.5) is 0 Å². The van der Waals surface area contributed by atoms with Crippen molar-refractivity contribution in [3.05, 3.63) is 115 Å². The van der Waals surface area contributed by atoms with Crippen molar-refractivity contribution in [2.75, 3.05) is 0 Å². The number of ether oxygens (including phenoxy) is 1. The molecule has 0 heterocycles. The van der Waals surface area contributed by atoms with E-state index in [1.54, 1.807) is 0 Å². The van der Waals surface area contributed by atoms with Crippen LogP contribution in [-0.4, -0.2) is 0 Å². The first-order valence-electron chi connectivity index (χ1n) is 8.63. The Kier molecular flexibility index (Phi) is 5.04. The quantitative estimate of drug-likeness (QED) is 0.380. The average molecular weight is 356 g/mol. The molecular weight excluding hydrogens is 336 g/mol. The normalized spacial score (nSPS) is 11.0. The highest BCUT2D eigenvalue weighted by Crippen LogP contribution is 2.51. The van der Waals surface area contributed by atoms with Gasteiger partial charge in [-0.1, -0.05) is 54.6 Å². The SMILES string of the molecule is c1ccc(Oc2ccc([SH](c3ccccc3)c3ccccc3)cc2)cc1. The first-order valence-corrected chi connectivity index (χ1v) is 9.97. The van der Waals surface area contributed by atoms with Gasteiger partial charge < -0.3 is 4.74 Å². The Bertz CT molecular complexity index is 896. The minimum absolute atomic E-state index is 0.573. The van der Waals surface area contributed by atoms with Gasteiger partial charge in [0.1, 0.15) is 11.5 Å². The summed E-state index contributed by atoms with van der Waals surface area (Å²) in [6, 6.07) is 39.8. The van der Waals surface area contributed by atoms with Crippen molar-refractivity contribution in [3.63, 3.8) is 0 Å². The predicted octanol–water partition coefficient (Wildman–Crippen LogP) is 6.96. The molecule has 0 aliphatic carbocycles. The summed E-state index contributed by atoms with van der Waals surface area (Å²) in [5, 5.41) is 0. The summed E-state index contributed by atoms with van der Waals surface area (Å²) in [6.45, 7) is 0. The van der Waals surface area contributed by atoms with Crippen molar-refractivity contribution >= 4 is 10.9 Å². The van der Waals surface area contributed by atoms with Crippen molar-refractivity contribution in [1.29, 1.82) is 0 Å². The van der Waals surface area contributed by atoms with E-state index >= 15 is 0 Å². The number of benzene rings is 4. The third-order valence-corrected chi connectivity index (χ3v) is 6.55. The molecule has 0 amide bonds. The second-order valence-electron chi connectivity index (χ2n) is 5.92. The van der Waals surface area contributed by atoms with Crippen molar-refractivity contribution < 1.29 is 4.74 Å². The van der Waals surface area contributed by atoms with Gasteiger partial charge in [0, 0.05) is 0 Å². The van der Waals surface area contributed by atoms with Gasteiger partial charge in [0.15, 0.2) is 0 Å². The predicted molar refractivity (Wildman–Crippen MR) is 110 cm³/mol. The fourth-order valence-electron chi connectivity index (χ4n) is 2.89. The summed E-state index contributed by atoms with van der Waals surface area (Å²) in [4.78, 5) is 4.02. The number of para-hydroxylation sites is 1. The fourth-order valence-corrected chi connectivity index (χ4v) is 5.17. The molecule has 0 bridgehead atoms. The Labute approximate surface area is 157 Å². The maximum Gasteiger partial charge on any atom is 0.127 e. The van der Waals surface area contributed by atoms with Gasteiger partial charge in [0.05, 0.1) is 0 Å². The second-order valence-corrected chi connectivity index (χ2v) is 8.14. The summed E-state index contributed by atoms with van der Waals surface area (Å²) in [7, 11) is -0.573. The average Bonchev–Trinajstić information content (AvgIpc) is 2.72. The summed E-state index contributed by atoms with van der Waals surface area (Å²) in [5.41, 5.74) is 0. The van der Waals surface area contributed by atoms with E-state index in [4.69, 9.17) is 4.74 Å². The van der Waals surface area contributed by atoms with Gasteiger partial charge in [0.25, 0.3) is 0 Å². The zero-order valence-corrected chi connectivity index (χ0v) is 15.2. The van der Waals surface area contributed by atoms with E-state index in [1.807, 2.05) is 30.3 Å². The minimum Gasteiger partial charge on any atom is -0.457 e. The fraction of sp³-hybridized carbons (Fsp3) is 0. The molecule has 0 aliphatic heterocycles. The van der Waals surface area contributed by atoms with Crippen molar-refractivity contribution in [3.8, 4) is 11.5 Å². The second kappa shape index (κ2) is 7.94. The lowest BCUT2D eigenvalue weighted by atomic mass is 10.3. The van der Waals surface area contributed by atoms with E-state index in [2.05, 4.69) is 84.9 Å². The zero-order valence-electron chi connectivity index (χ0n) is 14.3. The van der Waals surface area contributed by atoms with Gasteiger partial charge in [-0.25, -0.2) is 0 Å². The topological polar surface area (TPSA) is 9.23 Å². The molecule has 4 aromatic carbocycles. The lowest BCUT2D eigenvalue weighted by molar-refractivity contribution is 0.482. The third-order valence-electron chi connectivity index (χ3n) is 4.10. The highest BCUT2D eigenvalue weighted by Gasteiger charge is 2.12. The summed E-state index contributed by atoms with van der Waals surface area (Å²) < 4.78 is 5.93. The van der Waals surface area contributed by atoms with Crippen LogP contribution in [0.3, 0.4) is 0 Å². The molecule has 0 atom stereocenters. The molecule has 0 fully saturated rings. The van der Waals surface area contributed by atoms with Gasteiger partial charge in [-0.15, -0.1) is 0 Å². The van der Waals surface area contributed by atoms with E-state index in [0.717, 1.165) is 11.5 Å². The summed E-state index contributed by atoms with van der Waals surface area (Å²) in [6.07, 6.45) is 0. The van der Waals surface area contributed by atoms with Crippen LogP contribution in [0.1, 0.15) is 0 Å². The molecule has 2 heteroatoms. The third kappa shape index (κ3) is 3.81. The van der Waals surface area contributed by atoms with Gasteiger partial charge in [-0.2, -0.15) is 10.9 Å². The Morgan fingerprint density at radius 2 is 0.769 bits per heavy atom. The van der Waals surface area contributed by atoms with Crippen molar-refractivity contribution in [1.82, 2.24) is 0 Å². The van der Waals surface area contributed by atoms with Crippen LogP contribution >= 0.6 is 10.9 Å². The Morgan fingerprint density at radius 1 is 0.385 bits per heavy atom. The Balaban J connectivity index is 1.66. The molecule has 128 valence electrons. The van der Waals surface area contributed by atoms with E-state index in [0.29, 0.717) is 0 Å². The molecule has 0 spiro atoms. The van der Waals surface area contributed by atoms with Crippen LogP contribution in [0, 0.1) is 0 Å². The monoisotopic (exact) mass is 356 g/mol. The summed E-state index contributed by atoms with van der Waals surface area (Å²) in [5.74, 6) is 1.71. The van der Waals surface area contributed by atoms with Crippen LogP contribution in [0.5, 0.6) is 11.5 Å². The molecule has 26 heavy (non-hydrogen) atoms. The van der Waals surface area contributed by atoms with Gasteiger partial charge in [0.2, 0.25) is 0 Å². The molecule has 4 aromatic rings. The molecule has 4 rings (SSSR count). The van der Waals surface area contributed by atoms with E-state index < -0.39 is 10.9 Å². The number of rotatable bonds is 5. The molecular formula is C24H20OS. The first kappa shape index (κ1) is 16.5. The molecule has 0 aromatic heterocycles. The van der Waals surface area contributed by atoms with Gasteiger partial charge in [-0.3, -0.25) is 0 Å². The highest BCUT2D eigenvalue weighted by atomic mass is 32.2. The van der Waals surface area contributed by atoms with E-state index in [-0.39, 0.29) is 0 Å². The van der Waals surface area contributed by atoms with Crippen LogP contribution in [-0.2, 0) is 0 Å². The Morgan fingerprint density at radius 3 is 1.27 bits per heavy atom. The zero-order chi connectivity index (χ0) is 17.6. The van der Waals surface area contributed by atoms with E-state index in [9.17, 15) is 0 Å². The lowest BCUT2D eigenvalue weighted by Crippen LogP contribution is -1.89. The molecule has 0 saturated carbocycles. The van der Waals surface area contributed by atoms with Crippen LogP contribution in [0.2, 0.25) is 0 Å². The maximum atomic E-state index is 5.93. The number of hydrogen-bond donors (Lipinski definition) is 1. The highest BCUT2D eigenvalue weighted by molar-refractivity contribution is 8.17. The summed E-state index contributed by atoms with van der Waals surface area (Å²) >= 11 is 0. The molecule has 1 nitrogen and oxygen atoms in total. The van der Waals surface area contributed by atoms with Gasteiger partial charge >= 0.3 is 0 Å². The smallest absolute Gasteiger partial charge is 0.127 e. The molecule has 0 radical (unpaired) electrons. The molecule has 0 unspecified atom stereocenters. The van der Waals surface area contributed by atoms with Crippen LogP contribution in [0.25, 0.3) is 0 Å². The molecule has 0 aliphatic rings. The van der Waals surface area contributed by atoms with Crippen LogP contribution in [0.15, 0.2) is 130 Å². The largest absolute Gasteiger partial charge is 0.457 e. The number of thiol groups is 1. The van der Waals surface area contributed by atoms with Crippen molar-refractivity contribution in [2.45, 2.75) is 14.7 Å². The first-order chi connectivity index (χ1) is 12.9. The molecule has 0 N–H and O–H groups in total. The number of hydrogen-bond acceptors (Lipinski definition) is 1. The van der Waals surface area contributed by atoms with E-state index in [1.165, 1.54) is 14.7 Å². The Hall–Kier alpha value is -2.97.